The molecule has 100 valence electrons. The molecule has 0 amide bonds. The van der Waals surface area contributed by atoms with Crippen LogP contribution in [0.1, 0.15) is 12.0 Å². The predicted molar refractivity (Wildman–Crippen MR) is 70.3 cm³/mol. The van der Waals surface area contributed by atoms with Gasteiger partial charge in [-0.05, 0) is 31.2 Å². The van der Waals surface area contributed by atoms with Crippen LogP contribution in [0.5, 0.6) is 11.5 Å². The third-order valence-electron chi connectivity index (χ3n) is 3.08. The molecule has 0 aliphatic carbocycles. The van der Waals surface area contributed by atoms with Crippen molar-refractivity contribution in [3.8, 4) is 11.5 Å². The van der Waals surface area contributed by atoms with Crippen LogP contribution in [0.4, 0.5) is 0 Å². The van der Waals surface area contributed by atoms with Crippen LogP contribution in [0.25, 0.3) is 0 Å². The lowest BCUT2D eigenvalue weighted by molar-refractivity contribution is 0.223. The van der Waals surface area contributed by atoms with E-state index in [1.54, 1.807) is 0 Å². The first-order valence-corrected chi connectivity index (χ1v) is 6.47. The third-order valence-corrected chi connectivity index (χ3v) is 3.08. The van der Waals surface area contributed by atoms with Crippen LogP contribution in [0.2, 0.25) is 0 Å². The summed E-state index contributed by atoms with van der Waals surface area (Å²) in [5, 5.41) is 8.85. The largest absolute Gasteiger partial charge is 0.490 e. The van der Waals surface area contributed by atoms with Crippen LogP contribution in [0, 0.1) is 0 Å². The Balaban J connectivity index is 1.95. The number of fused-ring (bicyclic) bond motifs is 1. The smallest absolute Gasteiger partial charge is 0.161 e. The molecule has 0 saturated carbocycles. The van der Waals surface area contributed by atoms with Crippen molar-refractivity contribution in [2.45, 2.75) is 12.8 Å². The first-order chi connectivity index (χ1) is 8.79. The summed E-state index contributed by atoms with van der Waals surface area (Å²) in [5.74, 6) is 1.70. The maximum Gasteiger partial charge on any atom is 0.161 e. The SMILES string of the molecule is CN(CCO)CCc1ccc2c(c1)OCCCO2. The third kappa shape index (κ3) is 3.62. The summed E-state index contributed by atoms with van der Waals surface area (Å²) < 4.78 is 11.3. The zero-order valence-corrected chi connectivity index (χ0v) is 10.9. The lowest BCUT2D eigenvalue weighted by Gasteiger charge is -2.15. The quantitative estimate of drug-likeness (QED) is 0.857. The number of rotatable bonds is 5. The van der Waals surface area contributed by atoms with Gasteiger partial charge in [-0.25, -0.2) is 0 Å². The molecule has 1 heterocycles. The molecular formula is C14H21NO3. The molecule has 0 atom stereocenters. The summed E-state index contributed by atoms with van der Waals surface area (Å²) in [6.07, 6.45) is 1.89. The second-order valence-electron chi connectivity index (χ2n) is 4.61. The second-order valence-corrected chi connectivity index (χ2v) is 4.61. The van der Waals surface area contributed by atoms with Crippen molar-refractivity contribution in [3.63, 3.8) is 0 Å². The van der Waals surface area contributed by atoms with E-state index in [2.05, 4.69) is 17.0 Å². The van der Waals surface area contributed by atoms with Gasteiger partial charge in [0.05, 0.1) is 19.8 Å². The molecular weight excluding hydrogens is 230 g/mol. The Morgan fingerprint density at radius 2 is 1.94 bits per heavy atom. The van der Waals surface area contributed by atoms with Crippen LogP contribution >= 0.6 is 0 Å². The van der Waals surface area contributed by atoms with E-state index >= 15 is 0 Å². The normalized spacial score (nSPS) is 14.6. The maximum atomic E-state index is 8.85. The first-order valence-electron chi connectivity index (χ1n) is 6.47. The van der Waals surface area contributed by atoms with Crippen LogP contribution in [0.15, 0.2) is 18.2 Å². The Kier molecular flexibility index (Phi) is 4.84. The van der Waals surface area contributed by atoms with Crippen molar-refractivity contribution >= 4 is 0 Å². The van der Waals surface area contributed by atoms with Crippen molar-refractivity contribution in [2.24, 2.45) is 0 Å². The second kappa shape index (κ2) is 6.61. The fraction of sp³-hybridized carbons (Fsp3) is 0.571. The van der Waals surface area contributed by atoms with Gasteiger partial charge in [-0.3, -0.25) is 0 Å². The number of benzene rings is 1. The van der Waals surface area contributed by atoms with E-state index in [-0.39, 0.29) is 6.61 Å². The molecule has 0 spiro atoms. The number of aliphatic hydroxyl groups excluding tert-OH is 1. The van der Waals surface area contributed by atoms with Crippen LogP contribution < -0.4 is 9.47 Å². The number of aliphatic hydroxyl groups is 1. The molecule has 0 fully saturated rings. The highest BCUT2D eigenvalue weighted by molar-refractivity contribution is 5.43. The number of hydrogen-bond acceptors (Lipinski definition) is 4. The standard InChI is InChI=1S/C14H21NO3/c1-15(7-8-16)6-5-12-3-4-13-14(11-12)18-10-2-9-17-13/h3-4,11,16H,2,5-10H2,1H3. The molecule has 1 N–H and O–H groups in total. The monoisotopic (exact) mass is 251 g/mol. The molecule has 18 heavy (non-hydrogen) atoms. The minimum absolute atomic E-state index is 0.206. The highest BCUT2D eigenvalue weighted by Gasteiger charge is 2.10. The summed E-state index contributed by atoms with van der Waals surface area (Å²) in [6, 6.07) is 6.13. The fourth-order valence-electron chi connectivity index (χ4n) is 1.97. The summed E-state index contributed by atoms with van der Waals surface area (Å²) in [6.45, 7) is 3.30. The number of hydrogen-bond donors (Lipinski definition) is 1. The molecule has 0 bridgehead atoms. The molecule has 4 heteroatoms. The summed E-state index contributed by atoms with van der Waals surface area (Å²) in [5.41, 5.74) is 1.24. The molecule has 2 rings (SSSR count). The van der Waals surface area contributed by atoms with Gasteiger partial charge in [0, 0.05) is 19.5 Å². The Bertz CT molecular complexity index is 381. The zero-order valence-electron chi connectivity index (χ0n) is 10.9. The van der Waals surface area contributed by atoms with E-state index in [1.165, 1.54) is 5.56 Å². The number of ether oxygens (including phenoxy) is 2. The molecule has 1 aliphatic rings. The molecule has 0 radical (unpaired) electrons. The van der Waals surface area contributed by atoms with E-state index in [0.717, 1.165) is 44.1 Å². The number of nitrogens with zero attached hydrogens (tertiary/aromatic N) is 1. The van der Waals surface area contributed by atoms with E-state index < -0.39 is 0 Å². The van der Waals surface area contributed by atoms with Crippen LogP contribution in [0.3, 0.4) is 0 Å². The fourth-order valence-corrected chi connectivity index (χ4v) is 1.97. The van der Waals surface area contributed by atoms with E-state index in [9.17, 15) is 0 Å². The lowest BCUT2D eigenvalue weighted by Crippen LogP contribution is -2.24. The van der Waals surface area contributed by atoms with Crippen LogP contribution in [-0.4, -0.2) is 50.0 Å². The van der Waals surface area contributed by atoms with Gasteiger partial charge in [-0.15, -0.1) is 0 Å². The van der Waals surface area contributed by atoms with Gasteiger partial charge < -0.3 is 19.5 Å². The highest BCUT2D eigenvalue weighted by Crippen LogP contribution is 2.30. The minimum Gasteiger partial charge on any atom is -0.490 e. The molecule has 4 nitrogen and oxygen atoms in total. The Morgan fingerprint density at radius 1 is 1.17 bits per heavy atom. The van der Waals surface area contributed by atoms with E-state index in [1.807, 2.05) is 13.1 Å². The molecule has 0 saturated heterocycles. The Hall–Kier alpha value is -1.26. The summed E-state index contributed by atoms with van der Waals surface area (Å²) in [4.78, 5) is 2.11. The van der Waals surface area contributed by atoms with Gasteiger partial charge in [-0.1, -0.05) is 6.07 Å². The van der Waals surface area contributed by atoms with Crippen LogP contribution in [-0.2, 0) is 6.42 Å². The van der Waals surface area contributed by atoms with Crippen molar-refractivity contribution < 1.29 is 14.6 Å². The van der Waals surface area contributed by atoms with Crippen molar-refractivity contribution in [1.82, 2.24) is 4.90 Å². The Labute approximate surface area is 108 Å². The van der Waals surface area contributed by atoms with E-state index in [0.29, 0.717) is 6.54 Å². The van der Waals surface area contributed by atoms with Gasteiger partial charge in [0.2, 0.25) is 0 Å². The van der Waals surface area contributed by atoms with Crippen molar-refractivity contribution in [2.75, 3.05) is 40.0 Å². The molecule has 1 aliphatic heterocycles. The maximum absolute atomic E-state index is 8.85. The summed E-state index contributed by atoms with van der Waals surface area (Å²) >= 11 is 0. The van der Waals surface area contributed by atoms with E-state index in [4.69, 9.17) is 14.6 Å². The zero-order chi connectivity index (χ0) is 12.8. The molecule has 1 aromatic carbocycles. The van der Waals surface area contributed by atoms with Crippen molar-refractivity contribution in [3.05, 3.63) is 23.8 Å². The lowest BCUT2D eigenvalue weighted by atomic mass is 10.1. The van der Waals surface area contributed by atoms with Gasteiger partial charge in [-0.2, -0.15) is 0 Å². The van der Waals surface area contributed by atoms with Gasteiger partial charge in [0.25, 0.3) is 0 Å². The van der Waals surface area contributed by atoms with Gasteiger partial charge in [0.1, 0.15) is 0 Å². The number of likely N-dealkylation sites (N-methyl/N-ethyl adjacent to an activating group) is 1. The first kappa shape index (κ1) is 13.2. The van der Waals surface area contributed by atoms with Gasteiger partial charge >= 0.3 is 0 Å². The average molecular weight is 251 g/mol. The molecule has 0 unspecified atom stereocenters. The highest BCUT2D eigenvalue weighted by atomic mass is 16.5. The topological polar surface area (TPSA) is 41.9 Å². The molecule has 1 aromatic rings. The summed E-state index contributed by atoms with van der Waals surface area (Å²) in [7, 11) is 2.01. The van der Waals surface area contributed by atoms with Gasteiger partial charge in [0.15, 0.2) is 11.5 Å². The minimum atomic E-state index is 0.206. The average Bonchev–Trinajstić information content (AvgIpc) is 2.61. The molecule has 0 aromatic heterocycles. The predicted octanol–water partition coefficient (Wildman–Crippen LogP) is 1.31. The van der Waals surface area contributed by atoms with Crippen molar-refractivity contribution in [1.29, 1.82) is 0 Å². The Morgan fingerprint density at radius 3 is 2.72 bits per heavy atom.